The SMILES string of the molecule is C=CCCN1CCC(C2CCNC2)CC1. The standard InChI is InChI=1S/C13H24N2/c1-2-3-8-15-9-5-12(6-10-15)13-4-7-14-11-13/h2,12-14H,1,3-11H2. The highest BCUT2D eigenvalue weighted by Gasteiger charge is 2.27. The molecule has 0 spiro atoms. The summed E-state index contributed by atoms with van der Waals surface area (Å²) in [6.07, 6.45) is 7.44. The number of hydrogen-bond acceptors (Lipinski definition) is 2. The lowest BCUT2D eigenvalue weighted by Gasteiger charge is -2.34. The monoisotopic (exact) mass is 208 g/mol. The molecule has 0 bridgehead atoms. The second-order valence-corrected chi connectivity index (χ2v) is 5.01. The predicted octanol–water partition coefficient (Wildman–Crippen LogP) is 1.88. The van der Waals surface area contributed by atoms with Gasteiger partial charge in [0.1, 0.15) is 0 Å². The van der Waals surface area contributed by atoms with E-state index in [4.69, 9.17) is 0 Å². The number of nitrogens with zero attached hydrogens (tertiary/aromatic N) is 1. The van der Waals surface area contributed by atoms with Crippen LogP contribution in [-0.2, 0) is 0 Å². The molecule has 1 N–H and O–H groups in total. The van der Waals surface area contributed by atoms with Crippen molar-refractivity contribution in [2.75, 3.05) is 32.7 Å². The minimum Gasteiger partial charge on any atom is -0.316 e. The van der Waals surface area contributed by atoms with Crippen LogP contribution in [0.3, 0.4) is 0 Å². The van der Waals surface area contributed by atoms with Crippen molar-refractivity contribution < 1.29 is 0 Å². The normalized spacial score (nSPS) is 29.5. The van der Waals surface area contributed by atoms with Gasteiger partial charge in [0.05, 0.1) is 0 Å². The molecule has 2 saturated heterocycles. The second-order valence-electron chi connectivity index (χ2n) is 5.01. The van der Waals surface area contributed by atoms with Crippen LogP contribution in [0.25, 0.3) is 0 Å². The Morgan fingerprint density at radius 2 is 2.00 bits per heavy atom. The van der Waals surface area contributed by atoms with Crippen LogP contribution in [0, 0.1) is 11.8 Å². The molecule has 0 radical (unpaired) electrons. The van der Waals surface area contributed by atoms with E-state index in [-0.39, 0.29) is 0 Å². The van der Waals surface area contributed by atoms with Crippen molar-refractivity contribution in [2.45, 2.75) is 25.7 Å². The lowest BCUT2D eigenvalue weighted by molar-refractivity contribution is 0.154. The summed E-state index contributed by atoms with van der Waals surface area (Å²) in [6.45, 7) is 10.2. The highest BCUT2D eigenvalue weighted by atomic mass is 15.1. The summed E-state index contributed by atoms with van der Waals surface area (Å²) < 4.78 is 0. The first kappa shape index (κ1) is 11.2. The predicted molar refractivity (Wildman–Crippen MR) is 65.0 cm³/mol. The van der Waals surface area contributed by atoms with Gasteiger partial charge in [-0.25, -0.2) is 0 Å². The molecule has 2 fully saturated rings. The van der Waals surface area contributed by atoms with Gasteiger partial charge in [0.15, 0.2) is 0 Å². The number of hydrogen-bond donors (Lipinski definition) is 1. The van der Waals surface area contributed by atoms with Crippen molar-refractivity contribution in [3.63, 3.8) is 0 Å². The average Bonchev–Trinajstić information content (AvgIpc) is 2.80. The van der Waals surface area contributed by atoms with Crippen LogP contribution < -0.4 is 5.32 Å². The van der Waals surface area contributed by atoms with Crippen LogP contribution in [0.2, 0.25) is 0 Å². The Bertz CT molecular complexity index is 189. The van der Waals surface area contributed by atoms with Crippen LogP contribution >= 0.6 is 0 Å². The van der Waals surface area contributed by atoms with Gasteiger partial charge in [-0.05, 0) is 63.7 Å². The molecule has 0 aliphatic carbocycles. The van der Waals surface area contributed by atoms with Gasteiger partial charge in [-0.15, -0.1) is 6.58 Å². The molecule has 2 aliphatic heterocycles. The minimum absolute atomic E-state index is 0.978. The molecule has 2 heterocycles. The Balaban J connectivity index is 1.69. The van der Waals surface area contributed by atoms with Crippen molar-refractivity contribution >= 4 is 0 Å². The molecule has 0 aromatic carbocycles. The van der Waals surface area contributed by atoms with Gasteiger partial charge >= 0.3 is 0 Å². The molecule has 0 amide bonds. The molecule has 2 nitrogen and oxygen atoms in total. The first-order chi connectivity index (χ1) is 7.40. The summed E-state index contributed by atoms with van der Waals surface area (Å²) in [5, 5.41) is 3.49. The van der Waals surface area contributed by atoms with E-state index < -0.39 is 0 Å². The number of nitrogens with one attached hydrogen (secondary N) is 1. The zero-order valence-corrected chi connectivity index (χ0v) is 9.75. The fourth-order valence-electron chi connectivity index (χ4n) is 3.00. The Labute approximate surface area is 93.7 Å². The van der Waals surface area contributed by atoms with Crippen molar-refractivity contribution in [3.05, 3.63) is 12.7 Å². The highest BCUT2D eigenvalue weighted by Crippen LogP contribution is 2.28. The molecular weight excluding hydrogens is 184 g/mol. The highest BCUT2D eigenvalue weighted by molar-refractivity contribution is 4.83. The summed E-state index contributed by atoms with van der Waals surface area (Å²) in [6, 6.07) is 0. The molecule has 2 heteroatoms. The molecule has 1 atom stereocenters. The Morgan fingerprint density at radius 3 is 2.60 bits per heavy atom. The van der Waals surface area contributed by atoms with Gasteiger partial charge in [0.2, 0.25) is 0 Å². The summed E-state index contributed by atoms with van der Waals surface area (Å²) in [5.74, 6) is 1.98. The topological polar surface area (TPSA) is 15.3 Å². The van der Waals surface area contributed by atoms with Gasteiger partial charge in [-0.2, -0.15) is 0 Å². The van der Waals surface area contributed by atoms with E-state index in [1.807, 2.05) is 6.08 Å². The van der Waals surface area contributed by atoms with E-state index in [2.05, 4.69) is 16.8 Å². The molecular formula is C13H24N2. The summed E-state index contributed by atoms with van der Waals surface area (Å²) in [4.78, 5) is 2.60. The first-order valence-electron chi connectivity index (χ1n) is 6.44. The third kappa shape index (κ3) is 3.05. The molecule has 1 unspecified atom stereocenters. The van der Waals surface area contributed by atoms with Gasteiger partial charge in [-0.3, -0.25) is 0 Å². The van der Waals surface area contributed by atoms with Crippen LogP contribution in [0.5, 0.6) is 0 Å². The Hall–Kier alpha value is -0.340. The molecule has 0 aromatic heterocycles. The van der Waals surface area contributed by atoms with Gasteiger partial charge < -0.3 is 10.2 Å². The molecule has 2 rings (SSSR count). The maximum atomic E-state index is 3.79. The summed E-state index contributed by atoms with van der Waals surface area (Å²) in [5.41, 5.74) is 0. The average molecular weight is 208 g/mol. The fourth-order valence-corrected chi connectivity index (χ4v) is 3.00. The third-order valence-electron chi connectivity index (χ3n) is 4.05. The van der Waals surface area contributed by atoms with Crippen molar-refractivity contribution in [1.29, 1.82) is 0 Å². The molecule has 0 saturated carbocycles. The third-order valence-corrected chi connectivity index (χ3v) is 4.05. The zero-order chi connectivity index (χ0) is 10.5. The zero-order valence-electron chi connectivity index (χ0n) is 9.75. The number of rotatable bonds is 4. The van der Waals surface area contributed by atoms with Crippen molar-refractivity contribution in [1.82, 2.24) is 10.2 Å². The number of piperidine rings is 1. The molecule has 2 aliphatic rings. The van der Waals surface area contributed by atoms with E-state index in [0.29, 0.717) is 0 Å². The molecule has 0 aromatic rings. The maximum absolute atomic E-state index is 3.79. The lowest BCUT2D eigenvalue weighted by Crippen LogP contribution is -2.37. The Morgan fingerprint density at radius 1 is 1.20 bits per heavy atom. The quantitative estimate of drug-likeness (QED) is 0.710. The second kappa shape index (κ2) is 5.66. The van der Waals surface area contributed by atoms with Crippen molar-refractivity contribution in [3.8, 4) is 0 Å². The van der Waals surface area contributed by atoms with Gasteiger partial charge in [-0.1, -0.05) is 6.08 Å². The van der Waals surface area contributed by atoms with E-state index in [1.54, 1.807) is 0 Å². The first-order valence-corrected chi connectivity index (χ1v) is 6.44. The minimum atomic E-state index is 0.978. The van der Waals surface area contributed by atoms with E-state index in [1.165, 1.54) is 52.0 Å². The van der Waals surface area contributed by atoms with Gasteiger partial charge in [0, 0.05) is 6.54 Å². The fraction of sp³-hybridized carbons (Fsp3) is 0.846. The van der Waals surface area contributed by atoms with E-state index in [0.717, 1.165) is 18.3 Å². The van der Waals surface area contributed by atoms with E-state index in [9.17, 15) is 0 Å². The lowest BCUT2D eigenvalue weighted by atomic mass is 9.84. The van der Waals surface area contributed by atoms with Crippen LogP contribution in [-0.4, -0.2) is 37.6 Å². The summed E-state index contributed by atoms with van der Waals surface area (Å²) >= 11 is 0. The van der Waals surface area contributed by atoms with Crippen molar-refractivity contribution in [2.24, 2.45) is 11.8 Å². The Kier molecular flexibility index (Phi) is 4.21. The smallest absolute Gasteiger partial charge is 0.00158 e. The number of likely N-dealkylation sites (tertiary alicyclic amines) is 1. The maximum Gasteiger partial charge on any atom is 0.00158 e. The van der Waals surface area contributed by atoms with E-state index >= 15 is 0 Å². The largest absolute Gasteiger partial charge is 0.316 e. The van der Waals surface area contributed by atoms with Crippen LogP contribution in [0.15, 0.2) is 12.7 Å². The van der Waals surface area contributed by atoms with Crippen LogP contribution in [0.4, 0.5) is 0 Å². The molecule has 15 heavy (non-hydrogen) atoms. The van der Waals surface area contributed by atoms with Crippen LogP contribution in [0.1, 0.15) is 25.7 Å². The van der Waals surface area contributed by atoms with Gasteiger partial charge in [0.25, 0.3) is 0 Å². The summed E-state index contributed by atoms with van der Waals surface area (Å²) in [7, 11) is 0. The molecule has 86 valence electrons.